The van der Waals surface area contributed by atoms with Gasteiger partial charge < -0.3 is 14.3 Å². The van der Waals surface area contributed by atoms with Crippen molar-refractivity contribution < 1.29 is 4.74 Å². The van der Waals surface area contributed by atoms with Crippen molar-refractivity contribution in [3.63, 3.8) is 0 Å². The van der Waals surface area contributed by atoms with Crippen LogP contribution in [-0.4, -0.2) is 16.7 Å². The van der Waals surface area contributed by atoms with E-state index in [1.165, 1.54) is 10.8 Å². The van der Waals surface area contributed by atoms with Crippen LogP contribution in [0.15, 0.2) is 40.1 Å². The Kier molecular flexibility index (Phi) is 3.32. The predicted octanol–water partition coefficient (Wildman–Crippen LogP) is 0.902. The van der Waals surface area contributed by atoms with Gasteiger partial charge in [-0.1, -0.05) is 12.1 Å². The van der Waals surface area contributed by atoms with Crippen LogP contribution in [0.2, 0.25) is 0 Å². The summed E-state index contributed by atoms with van der Waals surface area (Å²) in [6.45, 7) is 2.15. The van der Waals surface area contributed by atoms with Gasteiger partial charge in [0.05, 0.1) is 13.7 Å². The van der Waals surface area contributed by atoms with Crippen molar-refractivity contribution in [2.45, 2.75) is 13.5 Å². The number of benzene rings is 1. The van der Waals surface area contributed by atoms with Crippen molar-refractivity contribution in [1.82, 2.24) is 9.55 Å². The molecule has 0 aliphatic rings. The number of hydrogen-bond acceptors (Lipinski definition) is 3. The van der Waals surface area contributed by atoms with Gasteiger partial charge in [0, 0.05) is 11.9 Å². The van der Waals surface area contributed by atoms with Gasteiger partial charge in [0.2, 0.25) is 0 Å². The van der Waals surface area contributed by atoms with E-state index in [0.29, 0.717) is 6.54 Å². The van der Waals surface area contributed by atoms with Gasteiger partial charge in [0.25, 0.3) is 0 Å². The number of nitrogens with one attached hydrogen (secondary N) is 1. The lowest BCUT2D eigenvalue weighted by Gasteiger charge is -2.09. The smallest absolute Gasteiger partial charge is 0.316 e. The van der Waals surface area contributed by atoms with Gasteiger partial charge >= 0.3 is 11.1 Å². The van der Waals surface area contributed by atoms with Gasteiger partial charge in [-0.15, -0.1) is 0 Å². The molecule has 1 aromatic heterocycles. The van der Waals surface area contributed by atoms with Crippen LogP contribution >= 0.6 is 0 Å². The largest absolute Gasteiger partial charge is 0.497 e. The lowest BCUT2D eigenvalue weighted by Crippen LogP contribution is -2.37. The first kappa shape index (κ1) is 12.2. The normalized spacial score (nSPS) is 10.3. The minimum atomic E-state index is -0.603. The number of hydrogen-bond donors (Lipinski definition) is 1. The number of ether oxygens (including phenoxy) is 1. The van der Waals surface area contributed by atoms with Crippen LogP contribution in [0, 0.1) is 6.92 Å². The van der Waals surface area contributed by atoms with Gasteiger partial charge in [-0.25, -0.2) is 0 Å². The number of aromatic amines is 1. The Morgan fingerprint density at radius 2 is 1.89 bits per heavy atom. The third kappa shape index (κ3) is 2.34. The molecular formula is C13H14N2O3. The van der Waals surface area contributed by atoms with E-state index >= 15 is 0 Å². The summed E-state index contributed by atoms with van der Waals surface area (Å²) in [7, 11) is 1.60. The second kappa shape index (κ2) is 4.91. The third-order valence-electron chi connectivity index (χ3n) is 2.78. The average Bonchev–Trinajstić information content (AvgIpc) is 2.40. The lowest BCUT2D eigenvalue weighted by atomic mass is 10.2. The Hall–Kier alpha value is -2.30. The fourth-order valence-corrected chi connectivity index (χ4v) is 1.70. The molecule has 2 rings (SSSR count). The quantitative estimate of drug-likeness (QED) is 0.818. The summed E-state index contributed by atoms with van der Waals surface area (Å²) in [5.74, 6) is 0.758. The number of rotatable bonds is 3. The number of aromatic nitrogens is 2. The number of methoxy groups -OCH3 is 1. The molecule has 0 spiro atoms. The Morgan fingerprint density at radius 3 is 2.50 bits per heavy atom. The Morgan fingerprint density at radius 1 is 1.22 bits per heavy atom. The highest BCUT2D eigenvalue weighted by Gasteiger charge is 2.04. The summed E-state index contributed by atoms with van der Waals surface area (Å²) in [6, 6.07) is 7.38. The van der Waals surface area contributed by atoms with Crippen LogP contribution < -0.4 is 15.9 Å². The maximum atomic E-state index is 11.7. The number of aryl methyl sites for hydroxylation is 1. The summed E-state index contributed by atoms with van der Waals surface area (Å²) < 4.78 is 6.51. The highest BCUT2D eigenvalue weighted by molar-refractivity contribution is 5.27. The van der Waals surface area contributed by atoms with E-state index in [1.807, 2.05) is 24.3 Å². The average molecular weight is 246 g/mol. The Balaban J connectivity index is 2.37. The summed E-state index contributed by atoms with van der Waals surface area (Å²) in [4.78, 5) is 25.4. The molecule has 1 N–H and O–H groups in total. The van der Waals surface area contributed by atoms with Gasteiger partial charge in [-0.3, -0.25) is 9.59 Å². The minimum Gasteiger partial charge on any atom is -0.497 e. The zero-order chi connectivity index (χ0) is 13.1. The first-order valence-electron chi connectivity index (χ1n) is 5.54. The lowest BCUT2D eigenvalue weighted by molar-refractivity contribution is 0.414. The van der Waals surface area contributed by atoms with Crippen LogP contribution in [0.4, 0.5) is 0 Å². The molecule has 94 valence electrons. The van der Waals surface area contributed by atoms with Gasteiger partial charge in [0.15, 0.2) is 0 Å². The molecule has 1 aromatic carbocycles. The second-order valence-electron chi connectivity index (χ2n) is 4.00. The third-order valence-corrected chi connectivity index (χ3v) is 2.78. The molecule has 0 saturated carbocycles. The highest BCUT2D eigenvalue weighted by atomic mass is 16.5. The van der Waals surface area contributed by atoms with Crippen LogP contribution in [0.1, 0.15) is 11.3 Å². The SMILES string of the molecule is COc1ccc(Cn2c(C)c[nH]c(=O)c2=O)cc1. The van der Waals surface area contributed by atoms with Gasteiger partial charge in [0.1, 0.15) is 5.75 Å². The van der Waals surface area contributed by atoms with Crippen LogP contribution in [0.5, 0.6) is 5.75 Å². The van der Waals surface area contributed by atoms with Gasteiger partial charge in [-0.05, 0) is 24.6 Å². The molecule has 0 atom stereocenters. The summed E-state index contributed by atoms with van der Waals surface area (Å²) in [5.41, 5.74) is 0.516. The molecule has 2 aromatic rings. The van der Waals surface area contributed by atoms with Crippen molar-refractivity contribution in [2.24, 2.45) is 0 Å². The van der Waals surface area contributed by atoms with Crippen molar-refractivity contribution in [2.75, 3.05) is 7.11 Å². The second-order valence-corrected chi connectivity index (χ2v) is 4.00. The molecule has 0 unspecified atom stereocenters. The summed E-state index contributed by atoms with van der Waals surface area (Å²) >= 11 is 0. The van der Waals surface area contributed by atoms with Crippen LogP contribution in [0.25, 0.3) is 0 Å². The van der Waals surface area contributed by atoms with E-state index in [4.69, 9.17) is 4.74 Å². The zero-order valence-electron chi connectivity index (χ0n) is 10.3. The van der Waals surface area contributed by atoms with E-state index in [1.54, 1.807) is 14.0 Å². The first-order chi connectivity index (χ1) is 8.61. The molecule has 0 aliphatic carbocycles. The fourth-order valence-electron chi connectivity index (χ4n) is 1.70. The molecule has 0 aliphatic heterocycles. The standard InChI is InChI=1S/C13H14N2O3/c1-9-7-14-12(16)13(17)15(9)8-10-3-5-11(18-2)6-4-10/h3-7H,8H2,1-2H3,(H,14,16). The molecule has 0 amide bonds. The molecule has 0 saturated heterocycles. The zero-order valence-corrected chi connectivity index (χ0v) is 10.3. The Labute approximate surface area is 104 Å². The van der Waals surface area contributed by atoms with Crippen molar-refractivity contribution in [3.8, 4) is 5.75 Å². The monoisotopic (exact) mass is 246 g/mol. The van der Waals surface area contributed by atoms with E-state index < -0.39 is 11.1 Å². The van der Waals surface area contributed by atoms with Crippen LogP contribution in [0.3, 0.4) is 0 Å². The Bertz CT molecular complexity index is 653. The maximum absolute atomic E-state index is 11.7. The molecule has 0 fully saturated rings. The van der Waals surface area contributed by atoms with Crippen molar-refractivity contribution in [1.29, 1.82) is 0 Å². The van der Waals surface area contributed by atoms with E-state index in [9.17, 15) is 9.59 Å². The van der Waals surface area contributed by atoms with E-state index in [0.717, 1.165) is 17.0 Å². The number of H-pyrrole nitrogens is 1. The van der Waals surface area contributed by atoms with E-state index in [2.05, 4.69) is 4.98 Å². The molecule has 0 bridgehead atoms. The van der Waals surface area contributed by atoms with E-state index in [-0.39, 0.29) is 0 Å². The van der Waals surface area contributed by atoms with Crippen molar-refractivity contribution >= 4 is 0 Å². The maximum Gasteiger partial charge on any atom is 0.316 e. The molecule has 1 heterocycles. The van der Waals surface area contributed by atoms with Gasteiger partial charge in [-0.2, -0.15) is 0 Å². The molecule has 5 nitrogen and oxygen atoms in total. The minimum absolute atomic E-state index is 0.374. The fraction of sp³-hybridized carbons (Fsp3) is 0.231. The predicted molar refractivity (Wildman–Crippen MR) is 68.2 cm³/mol. The molecule has 0 radical (unpaired) electrons. The van der Waals surface area contributed by atoms with Crippen molar-refractivity contribution in [3.05, 3.63) is 62.4 Å². The number of nitrogens with zero attached hydrogens (tertiary/aromatic N) is 1. The topological polar surface area (TPSA) is 64.1 Å². The summed E-state index contributed by atoms with van der Waals surface area (Å²) in [5, 5.41) is 0. The molecule has 5 heteroatoms. The highest BCUT2D eigenvalue weighted by Crippen LogP contribution is 2.12. The first-order valence-corrected chi connectivity index (χ1v) is 5.54. The van der Waals surface area contributed by atoms with Crippen LogP contribution in [-0.2, 0) is 6.54 Å². The summed E-state index contributed by atoms with van der Waals surface area (Å²) in [6.07, 6.45) is 1.53. The molecular weight excluding hydrogens is 232 g/mol. The molecule has 18 heavy (non-hydrogen) atoms.